The highest BCUT2D eigenvalue weighted by molar-refractivity contribution is 8.73. The fraction of sp³-hybridized carbons (Fsp3) is 0.0227. The van der Waals surface area contributed by atoms with Crippen molar-refractivity contribution in [3.8, 4) is 0 Å². The molecule has 4 heteroatoms. The molecule has 7 aromatic rings. The van der Waals surface area contributed by atoms with E-state index >= 15 is 0 Å². The van der Waals surface area contributed by atoms with Gasteiger partial charge in [-0.25, -0.2) is 0 Å². The van der Waals surface area contributed by atoms with Gasteiger partial charge in [-0.15, -0.1) is 0 Å². The summed E-state index contributed by atoms with van der Waals surface area (Å²) in [5.41, 5.74) is 0. The van der Waals surface area contributed by atoms with Crippen molar-refractivity contribution in [2.75, 3.05) is 0 Å². The molecule has 48 heavy (non-hydrogen) atoms. The van der Waals surface area contributed by atoms with Gasteiger partial charge in [0, 0.05) is 0 Å². The molecular weight excluding hydrogens is 652 g/mol. The van der Waals surface area contributed by atoms with Gasteiger partial charge in [0.05, 0.1) is 0 Å². The van der Waals surface area contributed by atoms with Crippen LogP contribution in [0, 0.1) is 0 Å². The lowest BCUT2D eigenvalue weighted by Gasteiger charge is -2.42. The van der Waals surface area contributed by atoms with Crippen molar-refractivity contribution in [1.82, 2.24) is 0 Å². The molecule has 0 bridgehead atoms. The zero-order valence-corrected chi connectivity index (χ0v) is 30.6. The van der Waals surface area contributed by atoms with Gasteiger partial charge in [0.25, 0.3) is 0 Å². The van der Waals surface area contributed by atoms with E-state index in [1.165, 1.54) is 37.1 Å². The monoisotopic (exact) mass is 690 g/mol. The van der Waals surface area contributed by atoms with Gasteiger partial charge in [-0.1, -0.05) is 212 Å². The molecule has 0 nitrogen and oxygen atoms in total. The Morgan fingerprint density at radius 3 is 0.750 bits per heavy atom. The second-order valence-electron chi connectivity index (χ2n) is 11.5. The fourth-order valence-electron chi connectivity index (χ4n) is 6.49. The van der Waals surface area contributed by atoms with E-state index in [0.717, 1.165) is 0 Å². The average Bonchev–Trinajstić information content (AvgIpc) is 3.18. The maximum absolute atomic E-state index is 2.55. The van der Waals surface area contributed by atoms with Crippen LogP contribution in [0.5, 0.6) is 0 Å². The third-order valence-corrected chi connectivity index (χ3v) is 29.8. The first kappa shape index (κ1) is 32.7. The Hall–Kier alpha value is -3.87. The Kier molecular flexibility index (Phi) is 10.6. The van der Waals surface area contributed by atoms with Gasteiger partial charge in [0.15, 0.2) is 0 Å². The first-order chi connectivity index (χ1) is 23.8. The van der Waals surface area contributed by atoms with Crippen molar-refractivity contribution in [3.63, 3.8) is 0 Å². The second kappa shape index (κ2) is 15.6. The summed E-state index contributed by atoms with van der Waals surface area (Å²) in [5.74, 6) is 0. The summed E-state index contributed by atoms with van der Waals surface area (Å²) in [7, 11) is -2.40. The zero-order valence-electron chi connectivity index (χ0n) is 27.0. The molecule has 0 aliphatic rings. The minimum Gasteiger partial charge on any atom is -0.0622 e. The standard InChI is InChI=1S/C44H38P4/c1-37(48(42-31-17-6-18-32-42,43-33-19-7-20-34-43)44-35-21-8-22-36-44)47(45(38-23-9-2-10-24-38)39-25-11-3-12-26-39)46(40-27-13-4-14-28-40)41-29-15-5-16-30-41/h2-36H,1H3. The highest BCUT2D eigenvalue weighted by atomic mass is 32.5. The second-order valence-corrected chi connectivity index (χ2v) is 25.7. The lowest BCUT2D eigenvalue weighted by molar-refractivity contribution is 1.73. The fourth-order valence-corrected chi connectivity index (χ4v) is 32.4. The summed E-state index contributed by atoms with van der Waals surface area (Å²) < 4.78 is 0. The highest BCUT2D eigenvalue weighted by Gasteiger charge is 2.40. The summed E-state index contributed by atoms with van der Waals surface area (Å²) in [6.45, 7) is 0.238. The van der Waals surface area contributed by atoms with Gasteiger partial charge < -0.3 is 0 Å². The van der Waals surface area contributed by atoms with Crippen LogP contribution in [0.2, 0.25) is 0 Å². The first-order valence-corrected chi connectivity index (χ1v) is 23.5. The molecule has 0 saturated heterocycles. The van der Waals surface area contributed by atoms with Gasteiger partial charge in [0.1, 0.15) is 0 Å². The van der Waals surface area contributed by atoms with Gasteiger partial charge in [0.2, 0.25) is 0 Å². The smallest absolute Gasteiger partial charge is 0.00980 e. The third kappa shape index (κ3) is 6.57. The van der Waals surface area contributed by atoms with E-state index in [9.17, 15) is 0 Å². The Balaban J connectivity index is 1.70. The van der Waals surface area contributed by atoms with Crippen LogP contribution >= 0.6 is 29.4 Å². The third-order valence-electron chi connectivity index (χ3n) is 8.59. The van der Waals surface area contributed by atoms with E-state index in [2.05, 4.69) is 219 Å². The van der Waals surface area contributed by atoms with Crippen LogP contribution in [0.15, 0.2) is 212 Å². The predicted octanol–water partition coefficient (Wildman–Crippen LogP) is 9.71. The number of benzene rings is 7. The van der Waals surface area contributed by atoms with Crippen molar-refractivity contribution in [3.05, 3.63) is 212 Å². The molecule has 0 N–H and O–H groups in total. The predicted molar refractivity (Wildman–Crippen MR) is 221 cm³/mol. The molecule has 0 unspecified atom stereocenters. The molecule has 0 radical (unpaired) electrons. The number of rotatable bonds is 10. The SMILES string of the molecule is CC(P(P(c1ccccc1)c1ccccc1)P(c1ccccc1)c1ccccc1)=P(c1ccccc1)(c1ccccc1)c1ccccc1. The van der Waals surface area contributed by atoms with E-state index in [-0.39, 0.29) is 0 Å². The van der Waals surface area contributed by atoms with E-state index in [0.29, 0.717) is 0 Å². The molecule has 0 saturated carbocycles. The molecule has 7 aromatic carbocycles. The Bertz CT molecular complexity index is 1800. The molecular formula is C44H38P4. The molecule has 7 rings (SSSR count). The van der Waals surface area contributed by atoms with Crippen LogP contribution in [0.1, 0.15) is 6.92 Å². The van der Waals surface area contributed by atoms with Gasteiger partial charge >= 0.3 is 0 Å². The Morgan fingerprint density at radius 1 is 0.312 bits per heavy atom. The molecule has 234 valence electrons. The van der Waals surface area contributed by atoms with Crippen molar-refractivity contribution in [1.29, 1.82) is 0 Å². The lowest BCUT2D eigenvalue weighted by atomic mass is 10.4. The summed E-state index contributed by atoms with van der Waals surface area (Å²) >= 11 is 0. The van der Waals surface area contributed by atoms with Crippen LogP contribution in [0.4, 0.5) is 0 Å². The van der Waals surface area contributed by atoms with Gasteiger partial charge in [-0.05, 0) is 78.5 Å². The molecule has 0 aromatic heterocycles. The number of hydrogen-bond acceptors (Lipinski definition) is 0. The van der Waals surface area contributed by atoms with Crippen LogP contribution in [-0.2, 0) is 0 Å². The van der Waals surface area contributed by atoms with Crippen molar-refractivity contribution in [2.24, 2.45) is 0 Å². The van der Waals surface area contributed by atoms with Crippen LogP contribution in [0.3, 0.4) is 0 Å². The quantitative estimate of drug-likeness (QED) is 0.126. The Morgan fingerprint density at radius 2 is 0.521 bits per heavy atom. The molecule has 0 fully saturated rings. The van der Waals surface area contributed by atoms with Crippen LogP contribution in [0.25, 0.3) is 0 Å². The van der Waals surface area contributed by atoms with E-state index < -0.39 is 29.4 Å². The summed E-state index contributed by atoms with van der Waals surface area (Å²) in [6.07, 6.45) is 0. The maximum atomic E-state index is 2.55. The molecule has 0 amide bonds. The highest BCUT2D eigenvalue weighted by Crippen LogP contribution is 2.87. The summed E-state index contributed by atoms with van der Waals surface area (Å²) in [5, 5.41) is 11.6. The molecule has 0 atom stereocenters. The first-order valence-electron chi connectivity index (χ1n) is 16.3. The minimum atomic E-state index is -2.31. The Labute approximate surface area is 289 Å². The van der Waals surface area contributed by atoms with Gasteiger partial charge in [-0.3, -0.25) is 0 Å². The molecule has 0 spiro atoms. The van der Waals surface area contributed by atoms with Crippen molar-refractivity contribution in [2.45, 2.75) is 6.92 Å². The van der Waals surface area contributed by atoms with Crippen molar-refractivity contribution >= 4 is 71.6 Å². The van der Waals surface area contributed by atoms with Crippen LogP contribution < -0.4 is 37.1 Å². The lowest BCUT2D eigenvalue weighted by Crippen LogP contribution is -2.30. The molecule has 0 aliphatic carbocycles. The summed E-state index contributed by atoms with van der Waals surface area (Å²) in [4.78, 5) is 0. The van der Waals surface area contributed by atoms with E-state index in [1.54, 1.807) is 5.03 Å². The van der Waals surface area contributed by atoms with Gasteiger partial charge in [-0.2, -0.15) is 0 Å². The summed E-state index contributed by atoms with van der Waals surface area (Å²) in [6, 6.07) is 79.9. The average molecular weight is 691 g/mol. The maximum Gasteiger partial charge on any atom is -0.00980 e. The molecule has 0 heterocycles. The normalized spacial score (nSPS) is 11.6. The van der Waals surface area contributed by atoms with E-state index in [1.807, 2.05) is 0 Å². The number of hydrogen-bond donors (Lipinski definition) is 0. The zero-order chi connectivity index (χ0) is 32.6. The topological polar surface area (TPSA) is 0 Å². The molecule has 0 aliphatic heterocycles. The minimum absolute atomic E-state index is 0.791. The van der Waals surface area contributed by atoms with Crippen molar-refractivity contribution < 1.29 is 0 Å². The van der Waals surface area contributed by atoms with E-state index in [4.69, 9.17) is 0 Å². The largest absolute Gasteiger partial charge is 0.0622 e. The van der Waals surface area contributed by atoms with Crippen LogP contribution in [-0.4, -0.2) is 5.03 Å².